The van der Waals surface area contributed by atoms with Gasteiger partial charge in [-0.05, 0) is 61.6 Å². The van der Waals surface area contributed by atoms with Gasteiger partial charge in [-0.3, -0.25) is 0 Å². The van der Waals surface area contributed by atoms with Gasteiger partial charge in [0.1, 0.15) is 11.6 Å². The van der Waals surface area contributed by atoms with Crippen molar-refractivity contribution in [3.8, 4) is 22.6 Å². The van der Waals surface area contributed by atoms with Gasteiger partial charge in [-0.2, -0.15) is 4.98 Å². The molecule has 2 N–H and O–H groups in total. The van der Waals surface area contributed by atoms with Gasteiger partial charge in [0.05, 0.1) is 5.54 Å². The smallest absolute Gasteiger partial charge is 0.258 e. The van der Waals surface area contributed by atoms with E-state index in [0.717, 1.165) is 19.3 Å². The van der Waals surface area contributed by atoms with Crippen LogP contribution < -0.4 is 5.73 Å². The molecule has 1 heterocycles. The lowest BCUT2D eigenvalue weighted by molar-refractivity contribution is 0.229. The number of nitrogens with zero attached hydrogens (tertiary/aromatic N) is 2. The Balaban J connectivity index is 0.00000196. The minimum absolute atomic E-state index is 0. The lowest BCUT2D eigenvalue weighted by Crippen LogP contribution is -2.44. The molecule has 1 fully saturated rings. The Bertz CT molecular complexity index is 954. The van der Waals surface area contributed by atoms with Crippen molar-refractivity contribution in [1.29, 1.82) is 0 Å². The zero-order valence-corrected chi connectivity index (χ0v) is 14.9. The van der Waals surface area contributed by atoms with E-state index in [9.17, 15) is 8.78 Å². The van der Waals surface area contributed by atoms with E-state index in [0.29, 0.717) is 28.1 Å². The molecular formula is C19H18ClF2N3O. The first-order chi connectivity index (χ1) is 12.0. The van der Waals surface area contributed by atoms with E-state index in [1.807, 2.05) is 0 Å². The monoisotopic (exact) mass is 377 g/mol. The Morgan fingerprint density at radius 1 is 1.08 bits per heavy atom. The van der Waals surface area contributed by atoms with E-state index < -0.39 is 11.4 Å². The fourth-order valence-corrected chi connectivity index (χ4v) is 3.12. The van der Waals surface area contributed by atoms with Crippen molar-refractivity contribution >= 4 is 12.4 Å². The molecule has 1 aromatic heterocycles. The molecule has 4 nitrogen and oxygen atoms in total. The highest BCUT2D eigenvalue weighted by Gasteiger charge is 2.39. The summed E-state index contributed by atoms with van der Waals surface area (Å²) in [6, 6.07) is 8.96. The number of benzene rings is 2. The van der Waals surface area contributed by atoms with E-state index in [2.05, 4.69) is 10.1 Å². The van der Waals surface area contributed by atoms with Crippen molar-refractivity contribution in [1.82, 2.24) is 10.1 Å². The van der Waals surface area contributed by atoms with Crippen LogP contribution in [0, 0.1) is 18.6 Å². The standard InChI is InChI=1S/C19H17F2N3O.ClH/c1-11-9-13(20)4-6-14(11)15-5-3-12(10-16(15)21)17-23-18(24-25-17)19(22)7-2-8-19;/h3-6,9-10H,2,7-8,22H2,1H3;1H. The van der Waals surface area contributed by atoms with Crippen LogP contribution in [0.4, 0.5) is 8.78 Å². The molecule has 1 aliphatic carbocycles. The minimum Gasteiger partial charge on any atom is -0.334 e. The maximum atomic E-state index is 14.6. The van der Waals surface area contributed by atoms with Gasteiger partial charge in [-0.15, -0.1) is 12.4 Å². The average molecular weight is 378 g/mol. The highest BCUT2D eigenvalue weighted by molar-refractivity contribution is 5.85. The zero-order chi connectivity index (χ0) is 17.6. The summed E-state index contributed by atoms with van der Waals surface area (Å²) >= 11 is 0. The molecule has 0 amide bonds. The lowest BCUT2D eigenvalue weighted by atomic mass is 9.77. The summed E-state index contributed by atoms with van der Waals surface area (Å²) in [5, 5.41) is 3.95. The largest absolute Gasteiger partial charge is 0.334 e. The Kier molecular flexibility index (Phi) is 4.82. The topological polar surface area (TPSA) is 64.9 Å². The predicted octanol–water partition coefficient (Wildman–Crippen LogP) is 4.75. The molecule has 0 saturated heterocycles. The quantitative estimate of drug-likeness (QED) is 0.715. The molecule has 26 heavy (non-hydrogen) atoms. The number of hydrogen-bond acceptors (Lipinski definition) is 4. The van der Waals surface area contributed by atoms with Crippen LogP contribution in [-0.4, -0.2) is 10.1 Å². The summed E-state index contributed by atoms with van der Waals surface area (Å²) in [7, 11) is 0. The molecule has 0 unspecified atom stereocenters. The SMILES string of the molecule is Cc1cc(F)ccc1-c1ccc(-c2nc(C3(N)CCC3)no2)cc1F.Cl. The van der Waals surface area contributed by atoms with Crippen molar-refractivity contribution in [3.05, 3.63) is 59.4 Å². The highest BCUT2D eigenvalue weighted by Crippen LogP contribution is 2.38. The van der Waals surface area contributed by atoms with Crippen molar-refractivity contribution in [2.75, 3.05) is 0 Å². The lowest BCUT2D eigenvalue weighted by Gasteiger charge is -2.34. The number of aryl methyl sites for hydroxylation is 1. The van der Waals surface area contributed by atoms with E-state index in [1.165, 1.54) is 18.2 Å². The van der Waals surface area contributed by atoms with E-state index in [-0.39, 0.29) is 24.1 Å². The molecule has 1 aliphatic rings. The van der Waals surface area contributed by atoms with E-state index in [1.54, 1.807) is 25.1 Å². The molecule has 0 bridgehead atoms. The number of nitrogens with two attached hydrogens (primary N) is 1. The summed E-state index contributed by atoms with van der Waals surface area (Å²) in [5.74, 6) is -0.0675. The molecule has 4 rings (SSSR count). The second-order valence-corrected chi connectivity index (χ2v) is 6.59. The van der Waals surface area contributed by atoms with Crippen molar-refractivity contribution in [2.45, 2.75) is 31.7 Å². The number of halogens is 3. The van der Waals surface area contributed by atoms with Gasteiger partial charge in [0, 0.05) is 11.1 Å². The number of hydrogen-bond donors (Lipinski definition) is 1. The second kappa shape index (κ2) is 6.78. The van der Waals surface area contributed by atoms with Gasteiger partial charge in [0.25, 0.3) is 5.89 Å². The molecule has 136 valence electrons. The van der Waals surface area contributed by atoms with Crippen LogP contribution >= 0.6 is 12.4 Å². The summed E-state index contributed by atoms with van der Waals surface area (Å²) in [6.45, 7) is 1.75. The Labute approximate surface area is 155 Å². The summed E-state index contributed by atoms with van der Waals surface area (Å²) in [5.41, 5.74) is 7.86. The zero-order valence-electron chi connectivity index (χ0n) is 14.1. The van der Waals surface area contributed by atoms with Crippen LogP contribution in [-0.2, 0) is 5.54 Å². The van der Waals surface area contributed by atoms with Crippen LogP contribution in [0.1, 0.15) is 30.7 Å². The fraction of sp³-hybridized carbons (Fsp3) is 0.263. The van der Waals surface area contributed by atoms with Gasteiger partial charge in [-0.1, -0.05) is 17.3 Å². The predicted molar refractivity (Wildman–Crippen MR) is 96.8 cm³/mol. The van der Waals surface area contributed by atoms with Crippen LogP contribution in [0.5, 0.6) is 0 Å². The molecule has 0 spiro atoms. The number of aromatic nitrogens is 2. The summed E-state index contributed by atoms with van der Waals surface area (Å²) < 4.78 is 33.1. The van der Waals surface area contributed by atoms with Gasteiger partial charge in [0.2, 0.25) is 0 Å². The number of rotatable bonds is 3. The van der Waals surface area contributed by atoms with E-state index in [4.69, 9.17) is 10.3 Å². The maximum absolute atomic E-state index is 14.6. The highest BCUT2D eigenvalue weighted by atomic mass is 35.5. The van der Waals surface area contributed by atoms with Gasteiger partial charge < -0.3 is 10.3 Å². The van der Waals surface area contributed by atoms with Crippen molar-refractivity contribution < 1.29 is 13.3 Å². The van der Waals surface area contributed by atoms with Crippen LogP contribution in [0.25, 0.3) is 22.6 Å². The third kappa shape index (κ3) is 3.10. The first-order valence-corrected chi connectivity index (χ1v) is 8.16. The molecule has 3 aromatic rings. The molecule has 0 aliphatic heterocycles. The van der Waals surface area contributed by atoms with Crippen LogP contribution in [0.2, 0.25) is 0 Å². The van der Waals surface area contributed by atoms with Crippen molar-refractivity contribution in [3.63, 3.8) is 0 Å². The molecule has 0 atom stereocenters. The Hall–Kier alpha value is -2.31. The van der Waals surface area contributed by atoms with E-state index >= 15 is 0 Å². The molecule has 0 radical (unpaired) electrons. The molecule has 2 aromatic carbocycles. The summed E-state index contributed by atoms with van der Waals surface area (Å²) in [6.07, 6.45) is 2.69. The normalized spacial score (nSPS) is 15.2. The third-order valence-electron chi connectivity index (χ3n) is 4.81. The Morgan fingerprint density at radius 2 is 1.81 bits per heavy atom. The second-order valence-electron chi connectivity index (χ2n) is 6.59. The first kappa shape index (κ1) is 18.5. The van der Waals surface area contributed by atoms with Gasteiger partial charge in [-0.25, -0.2) is 8.78 Å². The first-order valence-electron chi connectivity index (χ1n) is 8.16. The average Bonchev–Trinajstić information content (AvgIpc) is 3.03. The third-order valence-corrected chi connectivity index (χ3v) is 4.81. The van der Waals surface area contributed by atoms with Crippen molar-refractivity contribution in [2.24, 2.45) is 5.73 Å². The van der Waals surface area contributed by atoms with Crippen LogP contribution in [0.3, 0.4) is 0 Å². The maximum Gasteiger partial charge on any atom is 0.258 e. The van der Waals surface area contributed by atoms with Gasteiger partial charge in [0.15, 0.2) is 5.82 Å². The molecule has 7 heteroatoms. The Morgan fingerprint density at radius 3 is 2.42 bits per heavy atom. The molecule has 1 saturated carbocycles. The minimum atomic E-state index is -0.522. The summed E-state index contributed by atoms with van der Waals surface area (Å²) in [4.78, 5) is 4.33. The molecular weight excluding hydrogens is 360 g/mol. The van der Waals surface area contributed by atoms with Crippen LogP contribution in [0.15, 0.2) is 40.9 Å². The fourth-order valence-electron chi connectivity index (χ4n) is 3.12. The van der Waals surface area contributed by atoms with Gasteiger partial charge >= 0.3 is 0 Å².